The van der Waals surface area contributed by atoms with Crippen LogP contribution in [0.3, 0.4) is 0 Å². The van der Waals surface area contributed by atoms with E-state index in [-0.39, 0.29) is 5.91 Å². The number of hydrogen-bond donors (Lipinski definition) is 2. The maximum atomic E-state index is 13.7. The summed E-state index contributed by atoms with van der Waals surface area (Å²) in [5.74, 6) is -0.526. The number of halogens is 1. The highest BCUT2D eigenvalue weighted by Crippen LogP contribution is 2.48. The van der Waals surface area contributed by atoms with Gasteiger partial charge in [-0.1, -0.05) is 6.42 Å². The molecule has 1 aliphatic heterocycles. The summed E-state index contributed by atoms with van der Waals surface area (Å²) in [7, 11) is 0. The third-order valence-electron chi connectivity index (χ3n) is 4.96. The summed E-state index contributed by atoms with van der Waals surface area (Å²) in [5.41, 5.74) is 1.85. The van der Waals surface area contributed by atoms with Gasteiger partial charge in [-0.3, -0.25) is 4.79 Å². The van der Waals surface area contributed by atoms with Crippen molar-refractivity contribution in [3.63, 3.8) is 0 Å². The zero-order chi connectivity index (χ0) is 14.6. The first-order valence-electron chi connectivity index (χ1n) is 7.27. The van der Waals surface area contributed by atoms with E-state index in [0.29, 0.717) is 26.8 Å². The van der Waals surface area contributed by atoms with Gasteiger partial charge in [-0.25, -0.2) is 4.39 Å². The number of fused-ring (bicyclic) bond motifs is 1. The Labute approximate surface area is 126 Å². The van der Waals surface area contributed by atoms with Crippen molar-refractivity contribution in [2.24, 2.45) is 5.41 Å². The number of aromatic nitrogens is 2. The minimum atomic E-state index is -0.423. The normalized spacial score (nSPS) is 20.1. The molecule has 4 nitrogen and oxygen atoms in total. The minimum absolute atomic E-state index is 0.103. The molecule has 1 spiro atoms. The number of carbonyl (C=O) groups is 1. The van der Waals surface area contributed by atoms with Gasteiger partial charge in [-0.15, -0.1) is 0 Å². The van der Waals surface area contributed by atoms with E-state index < -0.39 is 5.82 Å². The number of nitrogens with one attached hydrogen (secondary N) is 2. The minimum Gasteiger partial charge on any atom is -0.338 e. The predicted octanol–water partition coefficient (Wildman–Crippen LogP) is 3.38. The van der Waals surface area contributed by atoms with E-state index in [0.717, 1.165) is 19.5 Å². The fraction of sp³-hybridized carbons (Fsp3) is 0.467. The van der Waals surface area contributed by atoms with Crippen LogP contribution >= 0.6 is 12.2 Å². The molecule has 2 aliphatic rings. The van der Waals surface area contributed by atoms with Crippen molar-refractivity contribution in [1.82, 2.24) is 14.9 Å². The fourth-order valence-corrected chi connectivity index (χ4v) is 3.85. The summed E-state index contributed by atoms with van der Waals surface area (Å²) in [4.78, 5) is 20.4. The SMILES string of the molecule is O=C(c1cc(F)cc2[nH]c(=S)[nH]c12)N1CCC2(CCC2)C1. The van der Waals surface area contributed by atoms with Crippen LogP contribution in [0.1, 0.15) is 36.0 Å². The Kier molecular flexibility index (Phi) is 2.73. The molecule has 1 saturated carbocycles. The number of amides is 1. The average molecular weight is 305 g/mol. The van der Waals surface area contributed by atoms with E-state index in [1.165, 1.54) is 31.4 Å². The van der Waals surface area contributed by atoms with Gasteiger partial charge in [0.05, 0.1) is 16.6 Å². The Hall–Kier alpha value is -1.69. The van der Waals surface area contributed by atoms with Crippen LogP contribution in [0.15, 0.2) is 12.1 Å². The monoisotopic (exact) mass is 305 g/mol. The number of aromatic amines is 2. The number of nitrogens with zero attached hydrogens (tertiary/aromatic N) is 1. The Morgan fingerprint density at radius 1 is 1.29 bits per heavy atom. The van der Waals surface area contributed by atoms with E-state index in [1.807, 2.05) is 4.90 Å². The Balaban J connectivity index is 1.72. The summed E-state index contributed by atoms with van der Waals surface area (Å²) >= 11 is 5.04. The molecular formula is C15H16FN3OS. The maximum Gasteiger partial charge on any atom is 0.256 e. The highest BCUT2D eigenvalue weighted by Gasteiger charge is 2.44. The van der Waals surface area contributed by atoms with E-state index in [4.69, 9.17) is 12.2 Å². The smallest absolute Gasteiger partial charge is 0.256 e. The Morgan fingerprint density at radius 3 is 2.76 bits per heavy atom. The summed E-state index contributed by atoms with van der Waals surface area (Å²) in [6.45, 7) is 1.57. The largest absolute Gasteiger partial charge is 0.338 e. The van der Waals surface area contributed by atoms with Gasteiger partial charge in [0.25, 0.3) is 5.91 Å². The zero-order valence-corrected chi connectivity index (χ0v) is 12.4. The van der Waals surface area contributed by atoms with E-state index in [2.05, 4.69) is 9.97 Å². The van der Waals surface area contributed by atoms with E-state index >= 15 is 0 Å². The highest BCUT2D eigenvalue weighted by atomic mass is 32.1. The lowest BCUT2D eigenvalue weighted by Crippen LogP contribution is -2.35. The molecule has 0 atom stereocenters. The molecule has 2 N–H and O–H groups in total. The highest BCUT2D eigenvalue weighted by molar-refractivity contribution is 7.71. The van der Waals surface area contributed by atoms with Crippen LogP contribution in [0.5, 0.6) is 0 Å². The number of hydrogen-bond acceptors (Lipinski definition) is 2. The molecule has 1 aliphatic carbocycles. The fourth-order valence-electron chi connectivity index (χ4n) is 3.64. The Morgan fingerprint density at radius 2 is 2.10 bits per heavy atom. The molecule has 0 unspecified atom stereocenters. The summed E-state index contributed by atoms with van der Waals surface area (Å²) in [5, 5.41) is 0. The van der Waals surface area contributed by atoms with Gasteiger partial charge >= 0.3 is 0 Å². The molecule has 6 heteroatoms. The first kappa shape index (κ1) is 13.0. The molecule has 1 amide bonds. The Bertz CT molecular complexity index is 790. The van der Waals surface area contributed by atoms with Gasteiger partial charge in [0.15, 0.2) is 4.77 Å². The topological polar surface area (TPSA) is 51.9 Å². The number of rotatable bonds is 1. The van der Waals surface area contributed by atoms with Crippen LogP contribution in [0.25, 0.3) is 11.0 Å². The second-order valence-electron chi connectivity index (χ2n) is 6.29. The number of imidazole rings is 1. The number of H-pyrrole nitrogens is 2. The van der Waals surface area contributed by atoms with Gasteiger partial charge in [0, 0.05) is 13.1 Å². The molecule has 2 heterocycles. The van der Waals surface area contributed by atoms with Crippen LogP contribution in [0.2, 0.25) is 0 Å². The first-order chi connectivity index (χ1) is 10.1. The van der Waals surface area contributed by atoms with Crippen LogP contribution in [-0.4, -0.2) is 33.9 Å². The van der Waals surface area contributed by atoms with Crippen molar-refractivity contribution >= 4 is 29.2 Å². The third kappa shape index (κ3) is 2.00. The van der Waals surface area contributed by atoms with Crippen molar-refractivity contribution in [1.29, 1.82) is 0 Å². The van der Waals surface area contributed by atoms with Crippen molar-refractivity contribution in [2.75, 3.05) is 13.1 Å². The molecule has 2 aromatic rings. The standard InChI is InChI=1S/C15H16FN3OS/c16-9-6-10(12-11(7-9)17-14(21)18-12)13(20)19-5-4-15(8-19)2-1-3-15/h6-7H,1-5,8H2,(H2,17,18,21). The molecule has 21 heavy (non-hydrogen) atoms. The van der Waals surface area contributed by atoms with Gasteiger partial charge in [0.1, 0.15) is 5.82 Å². The predicted molar refractivity (Wildman–Crippen MR) is 80.2 cm³/mol. The van der Waals surface area contributed by atoms with Crippen LogP contribution < -0.4 is 0 Å². The molecular weight excluding hydrogens is 289 g/mol. The summed E-state index contributed by atoms with van der Waals surface area (Å²) in [6.07, 6.45) is 4.75. The second-order valence-corrected chi connectivity index (χ2v) is 6.69. The van der Waals surface area contributed by atoms with Crippen LogP contribution in [0.4, 0.5) is 4.39 Å². The van der Waals surface area contributed by atoms with Crippen molar-refractivity contribution < 1.29 is 9.18 Å². The van der Waals surface area contributed by atoms with Crippen molar-refractivity contribution in [2.45, 2.75) is 25.7 Å². The lowest BCUT2D eigenvalue weighted by Gasteiger charge is -2.37. The molecule has 1 aromatic carbocycles. The third-order valence-corrected chi connectivity index (χ3v) is 5.16. The quantitative estimate of drug-likeness (QED) is 0.794. The molecule has 4 rings (SSSR count). The lowest BCUT2D eigenvalue weighted by molar-refractivity contribution is 0.0733. The molecule has 0 bridgehead atoms. The summed E-state index contributed by atoms with van der Waals surface area (Å²) in [6, 6.07) is 2.66. The molecule has 0 radical (unpaired) electrons. The number of benzene rings is 1. The molecule has 1 aromatic heterocycles. The average Bonchev–Trinajstić information content (AvgIpc) is 2.99. The molecule has 110 valence electrons. The van der Waals surface area contributed by atoms with Gasteiger partial charge in [0.2, 0.25) is 0 Å². The zero-order valence-electron chi connectivity index (χ0n) is 11.5. The van der Waals surface area contributed by atoms with Crippen molar-refractivity contribution in [3.05, 3.63) is 28.3 Å². The molecule has 1 saturated heterocycles. The van der Waals surface area contributed by atoms with Crippen LogP contribution in [-0.2, 0) is 0 Å². The van der Waals surface area contributed by atoms with Gasteiger partial charge < -0.3 is 14.9 Å². The molecule has 2 fully saturated rings. The van der Waals surface area contributed by atoms with Crippen molar-refractivity contribution in [3.8, 4) is 0 Å². The van der Waals surface area contributed by atoms with E-state index in [1.54, 1.807) is 0 Å². The van der Waals surface area contributed by atoms with Gasteiger partial charge in [-0.05, 0) is 49.0 Å². The first-order valence-corrected chi connectivity index (χ1v) is 7.68. The van der Waals surface area contributed by atoms with E-state index in [9.17, 15) is 9.18 Å². The number of likely N-dealkylation sites (tertiary alicyclic amines) is 1. The van der Waals surface area contributed by atoms with Gasteiger partial charge in [-0.2, -0.15) is 0 Å². The second kappa shape index (κ2) is 4.40. The maximum absolute atomic E-state index is 13.7. The lowest BCUT2D eigenvalue weighted by atomic mass is 9.68. The number of carbonyl (C=O) groups excluding carboxylic acids is 1. The van der Waals surface area contributed by atoms with Crippen LogP contribution in [0, 0.1) is 16.0 Å². The summed E-state index contributed by atoms with van der Waals surface area (Å²) < 4.78 is 14.1.